The van der Waals surface area contributed by atoms with Crippen molar-refractivity contribution >= 4 is 60.9 Å². The van der Waals surface area contributed by atoms with Gasteiger partial charge in [0.1, 0.15) is 0 Å². The molecule has 0 spiro atoms. The standard InChI is InChI=1S/C25H32BrN3O4S.ClH/c1-6-31-20-14-17(15-21(32-7-2)23(20)33-8-3)24(30)29(13-9-12-28(4)5)25-27-19-11-10-18(26)16-22(19)34-25;/h10-11,14-16H,6-9,12-13H2,1-5H3;1H. The van der Waals surface area contributed by atoms with Crippen LogP contribution in [0, 0.1) is 0 Å². The Morgan fingerprint density at radius 1 is 0.971 bits per heavy atom. The molecule has 0 aliphatic heterocycles. The first-order valence-electron chi connectivity index (χ1n) is 11.5. The van der Waals surface area contributed by atoms with Crippen molar-refractivity contribution in [2.24, 2.45) is 0 Å². The number of nitrogens with zero attached hydrogens (tertiary/aromatic N) is 3. The molecule has 0 bridgehead atoms. The number of hydrogen-bond acceptors (Lipinski definition) is 7. The molecule has 3 aromatic rings. The van der Waals surface area contributed by atoms with Crippen molar-refractivity contribution in [1.82, 2.24) is 9.88 Å². The molecule has 0 atom stereocenters. The Kier molecular flexibility index (Phi) is 11.6. The number of aromatic nitrogens is 1. The molecular formula is C25H33BrClN3O4S. The maximum absolute atomic E-state index is 13.9. The highest BCUT2D eigenvalue weighted by Gasteiger charge is 2.25. The SMILES string of the molecule is CCOc1cc(C(=O)N(CCCN(C)C)c2nc3ccc(Br)cc3s2)cc(OCC)c1OCC.Cl. The molecule has 0 saturated carbocycles. The number of hydrogen-bond donors (Lipinski definition) is 0. The van der Waals surface area contributed by atoms with Crippen LogP contribution in [-0.2, 0) is 0 Å². The largest absolute Gasteiger partial charge is 0.490 e. The maximum atomic E-state index is 13.9. The van der Waals surface area contributed by atoms with Crippen molar-refractivity contribution in [3.63, 3.8) is 0 Å². The fourth-order valence-corrected chi connectivity index (χ4v) is 5.04. The van der Waals surface area contributed by atoms with Gasteiger partial charge in [0.2, 0.25) is 5.75 Å². The second kappa shape index (κ2) is 13.9. The van der Waals surface area contributed by atoms with Crippen LogP contribution in [-0.4, -0.2) is 62.8 Å². The lowest BCUT2D eigenvalue weighted by molar-refractivity contribution is 0.0985. The Morgan fingerprint density at radius 2 is 1.60 bits per heavy atom. The Morgan fingerprint density at radius 3 is 2.17 bits per heavy atom. The van der Waals surface area contributed by atoms with Crippen LogP contribution in [0.4, 0.5) is 5.13 Å². The van der Waals surface area contributed by atoms with Gasteiger partial charge in [0.15, 0.2) is 16.6 Å². The Bertz CT molecular complexity index is 1100. The van der Waals surface area contributed by atoms with Gasteiger partial charge in [-0.05, 0) is 78.2 Å². The lowest BCUT2D eigenvalue weighted by atomic mass is 10.1. The minimum atomic E-state index is -0.151. The van der Waals surface area contributed by atoms with E-state index in [-0.39, 0.29) is 18.3 Å². The quantitative estimate of drug-likeness (QED) is 0.249. The van der Waals surface area contributed by atoms with Crippen LogP contribution in [0.25, 0.3) is 10.2 Å². The van der Waals surface area contributed by atoms with E-state index < -0.39 is 0 Å². The monoisotopic (exact) mass is 585 g/mol. The Hall–Kier alpha value is -2.07. The number of anilines is 1. The summed E-state index contributed by atoms with van der Waals surface area (Å²) < 4.78 is 19.5. The molecule has 7 nitrogen and oxygen atoms in total. The van der Waals surface area contributed by atoms with Crippen molar-refractivity contribution in [3.05, 3.63) is 40.4 Å². The minimum Gasteiger partial charge on any atom is -0.490 e. The van der Waals surface area contributed by atoms with Gasteiger partial charge in [-0.1, -0.05) is 27.3 Å². The smallest absolute Gasteiger partial charge is 0.260 e. The zero-order valence-corrected chi connectivity index (χ0v) is 24.0. The summed E-state index contributed by atoms with van der Waals surface area (Å²) in [6, 6.07) is 9.42. The predicted octanol–water partition coefficient (Wildman–Crippen LogP) is 6.28. The molecule has 0 aliphatic rings. The lowest BCUT2D eigenvalue weighted by Crippen LogP contribution is -2.33. The number of thiazole rings is 1. The first kappa shape index (κ1) is 29.2. The molecule has 1 heterocycles. The zero-order valence-electron chi connectivity index (χ0n) is 20.8. The number of carbonyl (C=O) groups excluding carboxylic acids is 1. The molecule has 192 valence electrons. The highest BCUT2D eigenvalue weighted by molar-refractivity contribution is 9.10. The molecule has 35 heavy (non-hydrogen) atoms. The highest BCUT2D eigenvalue weighted by atomic mass is 79.9. The summed E-state index contributed by atoms with van der Waals surface area (Å²) in [4.78, 5) is 22.5. The van der Waals surface area contributed by atoms with Crippen molar-refractivity contribution in [2.75, 3.05) is 51.9 Å². The van der Waals surface area contributed by atoms with Gasteiger partial charge in [0, 0.05) is 16.6 Å². The van der Waals surface area contributed by atoms with E-state index in [1.54, 1.807) is 17.0 Å². The van der Waals surface area contributed by atoms with Gasteiger partial charge >= 0.3 is 0 Å². The second-order valence-electron chi connectivity index (χ2n) is 7.82. The van der Waals surface area contributed by atoms with E-state index in [0.717, 1.165) is 27.7 Å². The first-order valence-corrected chi connectivity index (χ1v) is 13.1. The van der Waals surface area contributed by atoms with Crippen LogP contribution in [0.15, 0.2) is 34.8 Å². The predicted molar refractivity (Wildman–Crippen MR) is 149 cm³/mol. The summed E-state index contributed by atoms with van der Waals surface area (Å²) in [6.45, 7) is 8.46. The van der Waals surface area contributed by atoms with E-state index in [9.17, 15) is 4.79 Å². The van der Waals surface area contributed by atoms with Gasteiger partial charge in [-0.25, -0.2) is 4.98 Å². The number of carbonyl (C=O) groups is 1. The molecule has 2 aromatic carbocycles. The summed E-state index contributed by atoms with van der Waals surface area (Å²) in [7, 11) is 4.05. The normalized spacial score (nSPS) is 10.8. The van der Waals surface area contributed by atoms with Crippen LogP contribution in [0.5, 0.6) is 17.2 Å². The third kappa shape index (κ3) is 7.46. The van der Waals surface area contributed by atoms with Gasteiger partial charge in [-0.3, -0.25) is 9.69 Å². The van der Waals surface area contributed by atoms with Gasteiger partial charge in [0.25, 0.3) is 5.91 Å². The van der Waals surface area contributed by atoms with E-state index in [1.165, 1.54) is 11.3 Å². The molecule has 0 aliphatic carbocycles. The van der Waals surface area contributed by atoms with Gasteiger partial charge in [-0.2, -0.15) is 0 Å². The molecule has 0 N–H and O–H groups in total. The number of benzene rings is 2. The van der Waals surface area contributed by atoms with E-state index in [2.05, 4.69) is 20.8 Å². The molecule has 1 amide bonds. The summed E-state index contributed by atoms with van der Waals surface area (Å²) >= 11 is 5.02. The average Bonchev–Trinajstić information content (AvgIpc) is 3.21. The zero-order chi connectivity index (χ0) is 24.7. The highest BCUT2D eigenvalue weighted by Crippen LogP contribution is 2.40. The van der Waals surface area contributed by atoms with Crippen molar-refractivity contribution < 1.29 is 19.0 Å². The van der Waals surface area contributed by atoms with Crippen LogP contribution in [0.1, 0.15) is 37.6 Å². The molecular weight excluding hydrogens is 554 g/mol. The Labute approximate surface area is 225 Å². The van der Waals surface area contributed by atoms with Crippen molar-refractivity contribution in [1.29, 1.82) is 0 Å². The number of halogens is 2. The van der Waals surface area contributed by atoms with Gasteiger partial charge in [-0.15, -0.1) is 12.4 Å². The fourth-order valence-electron chi connectivity index (χ4n) is 3.50. The summed E-state index contributed by atoms with van der Waals surface area (Å²) in [5.41, 5.74) is 1.34. The number of fused-ring (bicyclic) bond motifs is 1. The van der Waals surface area contributed by atoms with Crippen LogP contribution in [0.3, 0.4) is 0 Å². The molecule has 0 radical (unpaired) electrons. The first-order chi connectivity index (χ1) is 16.4. The summed E-state index contributed by atoms with van der Waals surface area (Å²) in [5.74, 6) is 1.37. The van der Waals surface area contributed by atoms with Gasteiger partial charge < -0.3 is 19.1 Å². The summed E-state index contributed by atoms with van der Waals surface area (Å²) in [6.07, 6.45) is 0.812. The topological polar surface area (TPSA) is 64.1 Å². The van der Waals surface area contributed by atoms with Gasteiger partial charge in [0.05, 0.1) is 30.0 Å². The molecule has 0 fully saturated rings. The van der Waals surface area contributed by atoms with E-state index in [1.807, 2.05) is 53.1 Å². The van der Waals surface area contributed by atoms with E-state index >= 15 is 0 Å². The number of amides is 1. The third-order valence-corrected chi connectivity index (χ3v) is 6.49. The lowest BCUT2D eigenvalue weighted by Gasteiger charge is -2.22. The van der Waals surface area contributed by atoms with Crippen molar-refractivity contribution in [3.8, 4) is 17.2 Å². The fraction of sp³-hybridized carbons (Fsp3) is 0.440. The minimum absolute atomic E-state index is 0. The maximum Gasteiger partial charge on any atom is 0.260 e. The van der Waals surface area contributed by atoms with Crippen LogP contribution >= 0.6 is 39.7 Å². The third-order valence-electron chi connectivity index (χ3n) is 4.96. The summed E-state index contributed by atoms with van der Waals surface area (Å²) in [5, 5.41) is 0.668. The van der Waals surface area contributed by atoms with Crippen LogP contribution in [0.2, 0.25) is 0 Å². The molecule has 1 aromatic heterocycles. The Balaban J connectivity index is 0.00000432. The second-order valence-corrected chi connectivity index (χ2v) is 9.75. The molecule has 0 saturated heterocycles. The van der Waals surface area contributed by atoms with Crippen molar-refractivity contribution in [2.45, 2.75) is 27.2 Å². The van der Waals surface area contributed by atoms with E-state index in [4.69, 9.17) is 19.2 Å². The van der Waals surface area contributed by atoms with Crippen LogP contribution < -0.4 is 19.1 Å². The molecule has 0 unspecified atom stereocenters. The number of rotatable bonds is 12. The molecule has 10 heteroatoms. The number of ether oxygens (including phenoxy) is 3. The van der Waals surface area contributed by atoms with E-state index in [0.29, 0.717) is 54.3 Å². The molecule has 3 rings (SSSR count). The average molecular weight is 587 g/mol.